The molecule has 1 fully saturated rings. The van der Waals surface area contributed by atoms with Gasteiger partial charge in [0.05, 0.1) is 5.69 Å². The van der Waals surface area contributed by atoms with Crippen molar-refractivity contribution in [3.8, 4) is 0 Å². The van der Waals surface area contributed by atoms with E-state index < -0.39 is 0 Å². The molecule has 2 amide bonds. The van der Waals surface area contributed by atoms with Crippen LogP contribution in [0.4, 0.5) is 4.79 Å². The van der Waals surface area contributed by atoms with Crippen LogP contribution in [0, 0.1) is 0 Å². The molecule has 1 aliphatic heterocycles. The molecule has 114 valence electrons. The molecule has 0 aromatic carbocycles. The number of pyridine rings is 1. The summed E-state index contributed by atoms with van der Waals surface area (Å²) in [6.45, 7) is 11.0. The second kappa shape index (κ2) is 7.22. The van der Waals surface area contributed by atoms with Gasteiger partial charge in [0.15, 0.2) is 0 Å². The highest BCUT2D eigenvalue weighted by molar-refractivity contribution is 5.74. The average molecular weight is 288 g/mol. The molecule has 0 spiro atoms. The number of amides is 2. The number of carbonyl (C=O) groups excluding carboxylic acids is 1. The molecule has 2 heterocycles. The van der Waals surface area contributed by atoms with Crippen molar-refractivity contribution in [1.82, 2.24) is 20.1 Å². The largest absolute Gasteiger partial charge is 0.332 e. The van der Waals surface area contributed by atoms with Crippen LogP contribution >= 0.6 is 0 Å². The van der Waals surface area contributed by atoms with E-state index in [1.165, 1.54) is 0 Å². The van der Waals surface area contributed by atoms with Gasteiger partial charge in [0.1, 0.15) is 0 Å². The molecule has 0 bridgehead atoms. The van der Waals surface area contributed by atoms with Crippen molar-refractivity contribution in [2.75, 3.05) is 26.2 Å². The summed E-state index contributed by atoms with van der Waals surface area (Å²) in [6.07, 6.45) is 3.56. The van der Waals surface area contributed by atoms with Crippen LogP contribution in [-0.4, -0.2) is 53.0 Å². The maximum absolute atomic E-state index is 12.1. The lowest BCUT2D eigenvalue weighted by atomic mass is 10.1. The van der Waals surface area contributed by atoms with Gasteiger partial charge >= 0.3 is 6.03 Å². The number of nitrogens with one attached hydrogen (secondary N) is 1. The Morgan fingerprint density at radius 1 is 1.33 bits per heavy atom. The Balaban J connectivity index is 1.85. The zero-order valence-corrected chi connectivity index (χ0v) is 12.8. The molecule has 0 radical (unpaired) electrons. The SMILES string of the molecule is C=C[C@H](C)NC(=O)N1CCN([C@H](C)c2ccccn2)CC1. The molecule has 5 nitrogen and oxygen atoms in total. The van der Waals surface area contributed by atoms with Crippen molar-refractivity contribution in [2.24, 2.45) is 0 Å². The third kappa shape index (κ3) is 4.04. The Kier molecular flexibility index (Phi) is 5.33. The Morgan fingerprint density at radius 3 is 2.62 bits per heavy atom. The fourth-order valence-electron chi connectivity index (χ4n) is 2.47. The Morgan fingerprint density at radius 2 is 2.05 bits per heavy atom. The van der Waals surface area contributed by atoms with E-state index in [-0.39, 0.29) is 18.1 Å². The minimum Gasteiger partial charge on any atom is -0.332 e. The highest BCUT2D eigenvalue weighted by atomic mass is 16.2. The van der Waals surface area contributed by atoms with Crippen molar-refractivity contribution in [2.45, 2.75) is 25.9 Å². The fourth-order valence-corrected chi connectivity index (χ4v) is 2.47. The van der Waals surface area contributed by atoms with Gasteiger partial charge in [-0.15, -0.1) is 6.58 Å². The summed E-state index contributed by atoms with van der Waals surface area (Å²) >= 11 is 0. The van der Waals surface area contributed by atoms with Crippen molar-refractivity contribution in [3.05, 3.63) is 42.7 Å². The second-order valence-electron chi connectivity index (χ2n) is 5.43. The Hall–Kier alpha value is -1.88. The van der Waals surface area contributed by atoms with Crippen molar-refractivity contribution < 1.29 is 4.79 Å². The maximum Gasteiger partial charge on any atom is 0.317 e. The van der Waals surface area contributed by atoms with Gasteiger partial charge < -0.3 is 10.2 Å². The first kappa shape index (κ1) is 15.5. The first-order valence-corrected chi connectivity index (χ1v) is 7.44. The Bertz CT molecular complexity index is 468. The predicted molar refractivity (Wildman–Crippen MR) is 84.0 cm³/mol. The van der Waals surface area contributed by atoms with Crippen molar-refractivity contribution in [1.29, 1.82) is 0 Å². The van der Waals surface area contributed by atoms with Crippen LogP contribution in [0.25, 0.3) is 0 Å². The number of urea groups is 1. The van der Waals surface area contributed by atoms with Crippen LogP contribution in [0.1, 0.15) is 25.6 Å². The number of nitrogens with zero attached hydrogens (tertiary/aromatic N) is 3. The lowest BCUT2D eigenvalue weighted by molar-refractivity contribution is 0.112. The van der Waals surface area contributed by atoms with Crippen LogP contribution in [-0.2, 0) is 0 Å². The lowest BCUT2D eigenvalue weighted by Crippen LogP contribution is -2.53. The minimum atomic E-state index is -0.00691. The zero-order chi connectivity index (χ0) is 15.2. The zero-order valence-electron chi connectivity index (χ0n) is 12.8. The molecule has 1 aromatic rings. The second-order valence-corrected chi connectivity index (χ2v) is 5.43. The summed E-state index contributed by atoms with van der Waals surface area (Å²) < 4.78 is 0. The normalized spacial score (nSPS) is 18.9. The topological polar surface area (TPSA) is 48.5 Å². The van der Waals surface area contributed by atoms with Crippen LogP contribution in [0.15, 0.2) is 37.1 Å². The van der Waals surface area contributed by atoms with Gasteiger partial charge in [0.2, 0.25) is 0 Å². The molecule has 1 saturated heterocycles. The highest BCUT2D eigenvalue weighted by Crippen LogP contribution is 2.19. The standard InChI is InChI=1S/C16H24N4O/c1-4-13(2)18-16(21)20-11-9-19(10-12-20)14(3)15-7-5-6-8-17-15/h4-8,13-14H,1,9-12H2,2-3H3,(H,18,21)/t13-,14+/m0/s1. The molecular weight excluding hydrogens is 264 g/mol. The summed E-state index contributed by atoms with van der Waals surface area (Å²) in [5, 5.41) is 2.91. The molecular formula is C16H24N4O. The summed E-state index contributed by atoms with van der Waals surface area (Å²) in [5.74, 6) is 0. The average Bonchev–Trinajstić information content (AvgIpc) is 2.55. The van der Waals surface area contributed by atoms with Gasteiger partial charge in [-0.2, -0.15) is 0 Å². The first-order chi connectivity index (χ1) is 10.1. The Labute approximate surface area is 126 Å². The monoisotopic (exact) mass is 288 g/mol. The fraction of sp³-hybridized carbons (Fsp3) is 0.500. The molecule has 0 aliphatic carbocycles. The number of aromatic nitrogens is 1. The molecule has 21 heavy (non-hydrogen) atoms. The van der Waals surface area contributed by atoms with E-state index in [1.807, 2.05) is 30.2 Å². The van der Waals surface area contributed by atoms with Gasteiger partial charge in [0.25, 0.3) is 0 Å². The van der Waals surface area contributed by atoms with Crippen LogP contribution in [0.2, 0.25) is 0 Å². The molecule has 5 heteroatoms. The van der Waals surface area contributed by atoms with E-state index in [9.17, 15) is 4.79 Å². The third-order valence-corrected chi connectivity index (χ3v) is 3.97. The third-order valence-electron chi connectivity index (χ3n) is 3.97. The number of piperazine rings is 1. The van der Waals surface area contributed by atoms with E-state index in [2.05, 4.69) is 34.8 Å². The minimum absolute atomic E-state index is 0.00275. The number of hydrogen-bond donors (Lipinski definition) is 1. The van der Waals surface area contributed by atoms with Crippen LogP contribution in [0.3, 0.4) is 0 Å². The van der Waals surface area contributed by atoms with Crippen LogP contribution in [0.5, 0.6) is 0 Å². The van der Waals surface area contributed by atoms with Gasteiger partial charge in [-0.25, -0.2) is 4.79 Å². The van der Waals surface area contributed by atoms with E-state index in [0.29, 0.717) is 0 Å². The molecule has 2 atom stereocenters. The number of carbonyl (C=O) groups is 1. The van der Waals surface area contributed by atoms with Gasteiger partial charge in [-0.3, -0.25) is 9.88 Å². The molecule has 2 rings (SSSR count). The maximum atomic E-state index is 12.1. The van der Waals surface area contributed by atoms with E-state index in [1.54, 1.807) is 6.08 Å². The number of rotatable bonds is 4. The summed E-state index contributed by atoms with van der Waals surface area (Å²) in [7, 11) is 0. The van der Waals surface area contributed by atoms with Gasteiger partial charge in [-0.05, 0) is 26.0 Å². The van der Waals surface area contributed by atoms with Crippen LogP contribution < -0.4 is 5.32 Å². The highest BCUT2D eigenvalue weighted by Gasteiger charge is 2.25. The molecule has 1 N–H and O–H groups in total. The van der Waals surface area contributed by atoms with Crippen molar-refractivity contribution >= 4 is 6.03 Å². The first-order valence-electron chi connectivity index (χ1n) is 7.44. The molecule has 1 aliphatic rings. The lowest BCUT2D eigenvalue weighted by Gasteiger charge is -2.38. The summed E-state index contributed by atoms with van der Waals surface area (Å²) in [5.41, 5.74) is 1.08. The van der Waals surface area contributed by atoms with Gasteiger partial charge in [0, 0.05) is 44.5 Å². The summed E-state index contributed by atoms with van der Waals surface area (Å²) in [6, 6.07) is 6.27. The van der Waals surface area contributed by atoms with Crippen molar-refractivity contribution in [3.63, 3.8) is 0 Å². The summed E-state index contributed by atoms with van der Waals surface area (Å²) in [4.78, 5) is 20.7. The predicted octanol–water partition coefficient (Wildman–Crippen LogP) is 2.04. The quantitative estimate of drug-likeness (QED) is 0.863. The van der Waals surface area contributed by atoms with E-state index in [4.69, 9.17) is 0 Å². The van der Waals surface area contributed by atoms with Gasteiger partial charge in [-0.1, -0.05) is 12.1 Å². The van der Waals surface area contributed by atoms with E-state index in [0.717, 1.165) is 31.9 Å². The smallest absolute Gasteiger partial charge is 0.317 e. The molecule has 0 saturated carbocycles. The van der Waals surface area contributed by atoms with E-state index >= 15 is 0 Å². The molecule has 0 unspecified atom stereocenters. The number of hydrogen-bond acceptors (Lipinski definition) is 3. The molecule has 1 aromatic heterocycles.